The standard InChI is InChI=1S/C19H22FN5O3/c1-21-19(22-13-17(26)23-15-6-4-14(20)5-7-15)25-10-8-24(9-11-25)18(27)16-3-2-12-28-16/h2-7,12H,8-11,13H2,1H3,(H,21,22)(H,23,26). The number of carbonyl (C=O) groups excluding carboxylic acids is 2. The third kappa shape index (κ3) is 4.87. The molecule has 1 saturated heterocycles. The molecule has 1 fully saturated rings. The van der Waals surface area contributed by atoms with Crippen LogP contribution in [0.5, 0.6) is 0 Å². The van der Waals surface area contributed by atoms with Crippen molar-refractivity contribution in [1.82, 2.24) is 15.1 Å². The summed E-state index contributed by atoms with van der Waals surface area (Å²) in [5, 5.41) is 5.69. The van der Waals surface area contributed by atoms with Gasteiger partial charge in [-0.05, 0) is 36.4 Å². The van der Waals surface area contributed by atoms with E-state index in [1.807, 2.05) is 4.90 Å². The number of hydrogen-bond donors (Lipinski definition) is 2. The monoisotopic (exact) mass is 387 g/mol. The molecule has 0 atom stereocenters. The Bertz CT molecular complexity index is 828. The molecule has 1 aliphatic rings. The van der Waals surface area contributed by atoms with Crippen LogP contribution in [0.25, 0.3) is 0 Å². The Labute approximate surface area is 162 Å². The van der Waals surface area contributed by atoms with Crippen molar-refractivity contribution in [2.75, 3.05) is 45.1 Å². The molecule has 2 N–H and O–H groups in total. The van der Waals surface area contributed by atoms with E-state index >= 15 is 0 Å². The Balaban J connectivity index is 1.46. The zero-order valence-electron chi connectivity index (χ0n) is 15.5. The first kappa shape index (κ1) is 19.4. The lowest BCUT2D eigenvalue weighted by Gasteiger charge is -2.36. The topological polar surface area (TPSA) is 90.2 Å². The van der Waals surface area contributed by atoms with Crippen molar-refractivity contribution in [3.8, 4) is 0 Å². The molecule has 0 saturated carbocycles. The third-order valence-electron chi connectivity index (χ3n) is 4.35. The van der Waals surface area contributed by atoms with Crippen LogP contribution in [-0.4, -0.2) is 67.3 Å². The summed E-state index contributed by atoms with van der Waals surface area (Å²) >= 11 is 0. The molecule has 0 spiro atoms. The van der Waals surface area contributed by atoms with E-state index in [4.69, 9.17) is 4.42 Å². The van der Waals surface area contributed by atoms with Crippen LogP contribution in [0.3, 0.4) is 0 Å². The molecule has 0 bridgehead atoms. The Hall–Kier alpha value is -3.36. The predicted octanol–water partition coefficient (Wildman–Crippen LogP) is 1.39. The molecular formula is C19H22FN5O3. The van der Waals surface area contributed by atoms with Gasteiger partial charge in [0.1, 0.15) is 5.82 Å². The van der Waals surface area contributed by atoms with Gasteiger partial charge >= 0.3 is 0 Å². The quantitative estimate of drug-likeness (QED) is 0.611. The number of hydrogen-bond acceptors (Lipinski definition) is 4. The van der Waals surface area contributed by atoms with Gasteiger partial charge in [-0.25, -0.2) is 4.39 Å². The number of aliphatic imine (C=N–C) groups is 1. The van der Waals surface area contributed by atoms with Gasteiger partial charge in [-0.3, -0.25) is 14.6 Å². The minimum absolute atomic E-state index is 0.0234. The third-order valence-corrected chi connectivity index (χ3v) is 4.35. The number of nitrogens with one attached hydrogen (secondary N) is 2. The van der Waals surface area contributed by atoms with Crippen LogP contribution in [0.15, 0.2) is 52.1 Å². The summed E-state index contributed by atoms with van der Waals surface area (Å²) in [5.74, 6) is 0.152. The lowest BCUT2D eigenvalue weighted by Crippen LogP contribution is -2.54. The molecule has 28 heavy (non-hydrogen) atoms. The lowest BCUT2D eigenvalue weighted by molar-refractivity contribution is -0.115. The molecule has 9 heteroatoms. The predicted molar refractivity (Wildman–Crippen MR) is 103 cm³/mol. The average Bonchev–Trinajstić information content (AvgIpc) is 3.25. The lowest BCUT2D eigenvalue weighted by atomic mass is 10.3. The molecule has 1 aromatic heterocycles. The van der Waals surface area contributed by atoms with E-state index in [1.54, 1.807) is 24.1 Å². The van der Waals surface area contributed by atoms with Crippen molar-refractivity contribution >= 4 is 23.5 Å². The maximum Gasteiger partial charge on any atom is 0.289 e. The normalized spacial score (nSPS) is 14.7. The molecule has 2 heterocycles. The summed E-state index contributed by atoms with van der Waals surface area (Å²) < 4.78 is 18.1. The largest absolute Gasteiger partial charge is 0.459 e. The van der Waals surface area contributed by atoms with Crippen molar-refractivity contribution in [1.29, 1.82) is 0 Å². The highest BCUT2D eigenvalue weighted by Crippen LogP contribution is 2.10. The molecule has 1 aliphatic heterocycles. The molecule has 2 amide bonds. The SMILES string of the molecule is CN=C(NCC(=O)Nc1ccc(F)cc1)N1CCN(C(=O)c2ccco2)CC1. The first-order valence-electron chi connectivity index (χ1n) is 8.90. The number of benzene rings is 1. The zero-order chi connectivity index (χ0) is 19.9. The van der Waals surface area contributed by atoms with Gasteiger partial charge in [-0.15, -0.1) is 0 Å². The van der Waals surface area contributed by atoms with Gasteiger partial charge in [0.15, 0.2) is 11.7 Å². The second-order valence-corrected chi connectivity index (χ2v) is 6.21. The summed E-state index contributed by atoms with van der Waals surface area (Å²) in [6.45, 7) is 2.26. The highest BCUT2D eigenvalue weighted by atomic mass is 19.1. The number of amides is 2. The molecule has 0 radical (unpaired) electrons. The first-order chi connectivity index (χ1) is 13.6. The van der Waals surface area contributed by atoms with E-state index < -0.39 is 0 Å². The van der Waals surface area contributed by atoms with Crippen molar-refractivity contribution in [3.05, 3.63) is 54.2 Å². The maximum atomic E-state index is 12.9. The molecule has 2 aromatic rings. The number of nitrogens with zero attached hydrogens (tertiary/aromatic N) is 3. The first-order valence-corrected chi connectivity index (χ1v) is 8.90. The van der Waals surface area contributed by atoms with E-state index in [-0.39, 0.29) is 24.2 Å². The maximum absolute atomic E-state index is 12.9. The van der Waals surface area contributed by atoms with E-state index in [9.17, 15) is 14.0 Å². The van der Waals surface area contributed by atoms with Crippen molar-refractivity contribution in [2.24, 2.45) is 4.99 Å². The summed E-state index contributed by atoms with van der Waals surface area (Å²) in [6.07, 6.45) is 1.48. The van der Waals surface area contributed by atoms with Gasteiger partial charge < -0.3 is 24.9 Å². The molecule has 8 nitrogen and oxygen atoms in total. The smallest absolute Gasteiger partial charge is 0.289 e. The van der Waals surface area contributed by atoms with Crippen LogP contribution in [-0.2, 0) is 4.79 Å². The van der Waals surface area contributed by atoms with Gasteiger partial charge in [0.25, 0.3) is 5.91 Å². The number of anilines is 1. The van der Waals surface area contributed by atoms with E-state index in [0.717, 1.165) is 0 Å². The molecule has 3 rings (SSSR count). The van der Waals surface area contributed by atoms with Crippen LogP contribution < -0.4 is 10.6 Å². The van der Waals surface area contributed by atoms with Crippen LogP contribution >= 0.6 is 0 Å². The van der Waals surface area contributed by atoms with Crippen molar-refractivity contribution in [2.45, 2.75) is 0 Å². The fourth-order valence-corrected chi connectivity index (χ4v) is 2.91. The average molecular weight is 387 g/mol. The Morgan fingerprint density at radius 1 is 1.11 bits per heavy atom. The minimum Gasteiger partial charge on any atom is -0.459 e. The summed E-state index contributed by atoms with van der Waals surface area (Å²) in [6, 6.07) is 8.90. The van der Waals surface area contributed by atoms with Crippen LogP contribution in [0.2, 0.25) is 0 Å². The fourth-order valence-electron chi connectivity index (χ4n) is 2.91. The number of carbonyl (C=O) groups is 2. The summed E-state index contributed by atoms with van der Waals surface area (Å²) in [4.78, 5) is 32.3. The highest BCUT2D eigenvalue weighted by molar-refractivity contribution is 5.95. The fraction of sp³-hybridized carbons (Fsp3) is 0.316. The van der Waals surface area contributed by atoms with Gasteiger partial charge in [0.05, 0.1) is 12.8 Å². The molecule has 0 unspecified atom stereocenters. The van der Waals surface area contributed by atoms with Crippen LogP contribution in [0.1, 0.15) is 10.6 Å². The molecule has 1 aromatic carbocycles. The summed E-state index contributed by atoms with van der Waals surface area (Å²) in [7, 11) is 1.64. The summed E-state index contributed by atoms with van der Waals surface area (Å²) in [5.41, 5.74) is 0.522. The number of guanidine groups is 1. The number of rotatable bonds is 4. The van der Waals surface area contributed by atoms with E-state index in [0.29, 0.717) is 43.6 Å². The van der Waals surface area contributed by atoms with Gasteiger partial charge in [-0.2, -0.15) is 0 Å². The Kier molecular flexibility index (Phi) is 6.25. The molecular weight excluding hydrogens is 365 g/mol. The van der Waals surface area contributed by atoms with Gasteiger partial charge in [0.2, 0.25) is 5.91 Å². The van der Waals surface area contributed by atoms with Crippen LogP contribution in [0.4, 0.5) is 10.1 Å². The van der Waals surface area contributed by atoms with Gasteiger partial charge in [0, 0.05) is 38.9 Å². The van der Waals surface area contributed by atoms with E-state index in [2.05, 4.69) is 15.6 Å². The van der Waals surface area contributed by atoms with E-state index in [1.165, 1.54) is 30.5 Å². The zero-order valence-corrected chi connectivity index (χ0v) is 15.5. The molecule has 0 aliphatic carbocycles. The van der Waals surface area contributed by atoms with Crippen molar-refractivity contribution < 1.29 is 18.4 Å². The second kappa shape index (κ2) is 9.03. The highest BCUT2D eigenvalue weighted by Gasteiger charge is 2.25. The minimum atomic E-state index is -0.360. The number of furan rings is 1. The Morgan fingerprint density at radius 3 is 2.39 bits per heavy atom. The van der Waals surface area contributed by atoms with Crippen molar-refractivity contribution in [3.63, 3.8) is 0 Å². The van der Waals surface area contributed by atoms with Crippen LogP contribution in [0, 0.1) is 5.82 Å². The Morgan fingerprint density at radius 2 is 1.79 bits per heavy atom. The molecule has 148 valence electrons. The number of halogens is 1. The number of piperazine rings is 1. The second-order valence-electron chi connectivity index (χ2n) is 6.21. The van der Waals surface area contributed by atoms with Gasteiger partial charge in [-0.1, -0.05) is 0 Å².